The molecule has 1 aromatic rings. The molecule has 0 aliphatic carbocycles. The molecule has 1 aromatic carbocycles. The van der Waals surface area contributed by atoms with Crippen LogP contribution in [0.25, 0.3) is 0 Å². The summed E-state index contributed by atoms with van der Waals surface area (Å²) in [7, 11) is 0. The molecular weight excluding hydrogens is 391 g/mol. The van der Waals surface area contributed by atoms with Gasteiger partial charge < -0.3 is 19.7 Å². The van der Waals surface area contributed by atoms with Gasteiger partial charge in [0.05, 0.1) is 25.4 Å². The van der Waals surface area contributed by atoms with Crippen LogP contribution in [0, 0.1) is 0 Å². The Hall–Kier alpha value is -1.98. The van der Waals surface area contributed by atoms with E-state index in [9.17, 15) is 28.2 Å². The Labute approximate surface area is 157 Å². The number of alkyl halides is 3. The molecule has 1 aliphatic rings. The number of benzene rings is 1. The molecule has 2 rings (SSSR count). The highest BCUT2D eigenvalue weighted by Gasteiger charge is 2.39. The van der Waals surface area contributed by atoms with Crippen LogP contribution >= 0.6 is 11.8 Å². The molecule has 0 aromatic heterocycles. The minimum absolute atomic E-state index is 0.0458. The van der Waals surface area contributed by atoms with E-state index in [1.54, 1.807) is 0 Å². The molecule has 2 N–H and O–H groups in total. The number of hydrogen-bond donors (Lipinski definition) is 2. The van der Waals surface area contributed by atoms with Crippen LogP contribution in [0.1, 0.15) is 12.5 Å². The van der Waals surface area contributed by atoms with E-state index in [4.69, 9.17) is 9.47 Å². The second kappa shape index (κ2) is 8.81. The highest BCUT2D eigenvalue weighted by atomic mass is 32.2. The maximum absolute atomic E-state index is 11.8. The molecule has 0 bridgehead atoms. The molecule has 1 atom stereocenters. The van der Waals surface area contributed by atoms with Gasteiger partial charge in [-0.3, -0.25) is 9.73 Å². The second-order valence-corrected chi connectivity index (χ2v) is 6.68. The van der Waals surface area contributed by atoms with Crippen molar-refractivity contribution in [1.29, 1.82) is 0 Å². The van der Waals surface area contributed by atoms with Crippen molar-refractivity contribution in [3.8, 4) is 11.5 Å². The fraction of sp³-hybridized carbons (Fsp3) is 0.500. The van der Waals surface area contributed by atoms with E-state index in [1.807, 2.05) is 0 Å². The normalized spacial score (nSPS) is 19.8. The summed E-state index contributed by atoms with van der Waals surface area (Å²) in [6, 6.07) is 4.41. The standard InChI is InChI=1S/C16H18F3NO6S/c1-15(14(22)23)9-27-13(20-15)11-8-10(2-3-12(11)21)25-6-4-24-5-7-26-16(17,18)19/h2-3,8,21H,4-7,9H2,1H3,(H,22,23)/t15-/m1/s1. The second-order valence-electron chi connectivity index (χ2n) is 5.72. The molecule has 0 amide bonds. The summed E-state index contributed by atoms with van der Waals surface area (Å²) in [4.78, 5) is 15.4. The minimum atomic E-state index is -4.68. The number of rotatable bonds is 9. The zero-order chi connectivity index (χ0) is 20.1. The molecule has 27 heavy (non-hydrogen) atoms. The average Bonchev–Trinajstić information content (AvgIpc) is 2.98. The number of carboxylic acids is 1. The topological polar surface area (TPSA) is 97.6 Å². The minimum Gasteiger partial charge on any atom is -0.507 e. The van der Waals surface area contributed by atoms with Crippen LogP contribution in [0.4, 0.5) is 13.2 Å². The van der Waals surface area contributed by atoms with Gasteiger partial charge in [0.15, 0.2) is 5.54 Å². The Morgan fingerprint density at radius 2 is 2.00 bits per heavy atom. The van der Waals surface area contributed by atoms with Crippen LogP contribution < -0.4 is 4.74 Å². The molecule has 150 valence electrons. The number of hydrogen-bond acceptors (Lipinski definition) is 7. The zero-order valence-corrected chi connectivity index (χ0v) is 15.1. The van der Waals surface area contributed by atoms with E-state index in [1.165, 1.54) is 36.9 Å². The fourth-order valence-electron chi connectivity index (χ4n) is 2.06. The average molecular weight is 409 g/mol. The van der Waals surface area contributed by atoms with Gasteiger partial charge in [-0.15, -0.1) is 24.9 Å². The summed E-state index contributed by atoms with van der Waals surface area (Å²) in [5, 5.41) is 19.6. The van der Waals surface area contributed by atoms with E-state index < -0.39 is 24.5 Å². The maximum atomic E-state index is 11.8. The van der Waals surface area contributed by atoms with Gasteiger partial charge in [-0.1, -0.05) is 0 Å². The summed E-state index contributed by atoms with van der Waals surface area (Å²) in [6.45, 7) is 0.774. The molecule has 0 fully saturated rings. The number of aromatic hydroxyl groups is 1. The fourth-order valence-corrected chi connectivity index (χ4v) is 3.25. The van der Waals surface area contributed by atoms with Crippen molar-refractivity contribution < 1.29 is 42.4 Å². The van der Waals surface area contributed by atoms with Crippen molar-refractivity contribution in [2.24, 2.45) is 4.99 Å². The third kappa shape index (κ3) is 6.29. The van der Waals surface area contributed by atoms with Gasteiger partial charge in [0.2, 0.25) is 0 Å². The molecule has 1 aliphatic heterocycles. The molecule has 11 heteroatoms. The van der Waals surface area contributed by atoms with Crippen LogP contribution in [0.5, 0.6) is 11.5 Å². The van der Waals surface area contributed by atoms with Gasteiger partial charge in [-0.05, 0) is 25.1 Å². The van der Waals surface area contributed by atoms with Gasteiger partial charge in [-0.25, -0.2) is 4.79 Å². The molecule has 7 nitrogen and oxygen atoms in total. The summed E-state index contributed by atoms with van der Waals surface area (Å²) in [5.41, 5.74) is -0.905. The first-order valence-electron chi connectivity index (χ1n) is 7.81. The van der Waals surface area contributed by atoms with E-state index in [-0.39, 0.29) is 31.3 Å². The predicted octanol–water partition coefficient (Wildman–Crippen LogP) is 2.66. The first-order valence-corrected chi connectivity index (χ1v) is 8.80. The lowest BCUT2D eigenvalue weighted by atomic mass is 10.1. The Balaban J connectivity index is 1.86. The van der Waals surface area contributed by atoms with Crippen molar-refractivity contribution in [3.63, 3.8) is 0 Å². The van der Waals surface area contributed by atoms with Crippen LogP contribution in [0.2, 0.25) is 0 Å². The Morgan fingerprint density at radius 3 is 2.63 bits per heavy atom. The molecule has 0 saturated heterocycles. The lowest BCUT2D eigenvalue weighted by Gasteiger charge is -2.12. The number of aliphatic carboxylic acids is 1. The summed E-state index contributed by atoms with van der Waals surface area (Å²) < 4.78 is 49.3. The number of phenols is 1. The first-order chi connectivity index (χ1) is 12.6. The van der Waals surface area contributed by atoms with Crippen molar-refractivity contribution in [2.75, 3.05) is 32.2 Å². The lowest BCUT2D eigenvalue weighted by Crippen LogP contribution is -2.33. The molecular formula is C16H18F3NO6S. The number of carboxylic acid groups (broad SMARTS) is 1. The van der Waals surface area contributed by atoms with E-state index in [0.29, 0.717) is 16.4 Å². The zero-order valence-electron chi connectivity index (χ0n) is 14.3. The monoisotopic (exact) mass is 409 g/mol. The lowest BCUT2D eigenvalue weighted by molar-refractivity contribution is -0.327. The van der Waals surface area contributed by atoms with Gasteiger partial charge >= 0.3 is 12.3 Å². The number of ether oxygens (including phenoxy) is 3. The molecule has 0 unspecified atom stereocenters. The van der Waals surface area contributed by atoms with Crippen LogP contribution in [0.15, 0.2) is 23.2 Å². The van der Waals surface area contributed by atoms with E-state index in [2.05, 4.69) is 9.73 Å². The number of aliphatic imine (C=N–C) groups is 1. The molecule has 0 saturated carbocycles. The maximum Gasteiger partial charge on any atom is 0.522 e. The Morgan fingerprint density at radius 1 is 1.30 bits per heavy atom. The highest BCUT2D eigenvalue weighted by molar-refractivity contribution is 8.14. The molecule has 0 radical (unpaired) electrons. The molecule has 1 heterocycles. The van der Waals surface area contributed by atoms with E-state index >= 15 is 0 Å². The van der Waals surface area contributed by atoms with E-state index in [0.717, 1.165) is 0 Å². The number of carbonyl (C=O) groups is 1. The Kier molecular flexibility index (Phi) is 6.95. The SMILES string of the molecule is C[C@]1(C(=O)O)CSC(c2cc(OCCOCCOC(F)(F)F)ccc2O)=N1. The summed E-state index contributed by atoms with van der Waals surface area (Å²) >= 11 is 1.22. The highest BCUT2D eigenvalue weighted by Crippen LogP contribution is 2.35. The van der Waals surface area contributed by atoms with Gasteiger partial charge in [0.25, 0.3) is 0 Å². The predicted molar refractivity (Wildman–Crippen MR) is 91.5 cm³/mol. The van der Waals surface area contributed by atoms with Gasteiger partial charge in [-0.2, -0.15) is 0 Å². The van der Waals surface area contributed by atoms with Crippen molar-refractivity contribution in [3.05, 3.63) is 23.8 Å². The van der Waals surface area contributed by atoms with Crippen LogP contribution in [0.3, 0.4) is 0 Å². The third-order valence-electron chi connectivity index (χ3n) is 3.49. The van der Waals surface area contributed by atoms with Crippen molar-refractivity contribution >= 4 is 22.8 Å². The third-order valence-corrected chi connectivity index (χ3v) is 4.78. The van der Waals surface area contributed by atoms with Crippen molar-refractivity contribution in [2.45, 2.75) is 18.8 Å². The first kappa shape index (κ1) is 21.3. The van der Waals surface area contributed by atoms with Gasteiger partial charge in [0, 0.05) is 5.75 Å². The number of thioether (sulfide) groups is 1. The number of phenolic OH excluding ortho intramolecular Hbond substituents is 1. The summed E-state index contributed by atoms with van der Waals surface area (Å²) in [5.74, 6) is -0.492. The quantitative estimate of drug-likeness (QED) is 0.605. The Bertz CT molecular complexity index is 712. The smallest absolute Gasteiger partial charge is 0.507 e. The molecule has 0 spiro atoms. The summed E-state index contributed by atoms with van der Waals surface area (Å²) in [6.07, 6.45) is -4.68. The number of halogens is 3. The number of nitrogens with zero attached hydrogens (tertiary/aromatic N) is 1. The van der Waals surface area contributed by atoms with Crippen LogP contribution in [-0.2, 0) is 14.3 Å². The largest absolute Gasteiger partial charge is 0.522 e. The van der Waals surface area contributed by atoms with Crippen molar-refractivity contribution in [1.82, 2.24) is 0 Å². The van der Waals surface area contributed by atoms with Crippen LogP contribution in [-0.4, -0.2) is 65.3 Å². The van der Waals surface area contributed by atoms with Gasteiger partial charge in [0.1, 0.15) is 23.1 Å².